The van der Waals surface area contributed by atoms with Crippen LogP contribution in [0.1, 0.15) is 39.4 Å². The first-order valence-electron chi connectivity index (χ1n) is 10.4. The molecule has 0 saturated carbocycles. The third-order valence-corrected chi connectivity index (χ3v) is 6.57. The van der Waals surface area contributed by atoms with Gasteiger partial charge in [0.05, 0.1) is 40.8 Å². The van der Waals surface area contributed by atoms with E-state index in [1.807, 2.05) is 26.0 Å². The maximum atomic E-state index is 13.4. The van der Waals surface area contributed by atoms with Crippen LogP contribution in [0.3, 0.4) is 0 Å². The van der Waals surface area contributed by atoms with Crippen LogP contribution in [0.2, 0.25) is 5.02 Å². The van der Waals surface area contributed by atoms with Gasteiger partial charge in [0.15, 0.2) is 5.65 Å². The van der Waals surface area contributed by atoms with Gasteiger partial charge in [-0.3, -0.25) is 4.79 Å². The minimum absolute atomic E-state index is 0.127. The van der Waals surface area contributed by atoms with Gasteiger partial charge >= 0.3 is 0 Å². The average Bonchev–Trinajstić information content (AvgIpc) is 3.33. The molecule has 0 bridgehead atoms. The zero-order valence-electron chi connectivity index (χ0n) is 17.4. The number of aromatic nitrogens is 3. The third-order valence-electron chi connectivity index (χ3n) is 6.03. The molecular weight excluding hydrogens is 418 g/mol. The van der Waals surface area contributed by atoms with Crippen LogP contribution in [0.15, 0.2) is 24.3 Å². The van der Waals surface area contributed by atoms with Gasteiger partial charge in [-0.1, -0.05) is 23.7 Å². The highest BCUT2D eigenvalue weighted by atomic mass is 35.5. The van der Waals surface area contributed by atoms with Crippen LogP contribution in [-0.4, -0.2) is 55.8 Å². The van der Waals surface area contributed by atoms with E-state index >= 15 is 0 Å². The van der Waals surface area contributed by atoms with Crippen molar-refractivity contribution in [1.82, 2.24) is 24.8 Å². The van der Waals surface area contributed by atoms with E-state index < -0.39 is 6.10 Å². The Labute approximate surface area is 184 Å². The van der Waals surface area contributed by atoms with Crippen molar-refractivity contribution in [1.29, 1.82) is 0 Å². The van der Waals surface area contributed by atoms with Crippen molar-refractivity contribution in [3.63, 3.8) is 0 Å². The SMILES string of the molecule is Cc1nc2c3c(nn2c(C)c1Cl)CN(C(=O)c1ccccc1O[C@H]1CCNC[C@@H]1O)C3. The molecule has 1 fully saturated rings. The largest absolute Gasteiger partial charge is 0.487 e. The molecule has 2 aromatic heterocycles. The van der Waals surface area contributed by atoms with E-state index in [2.05, 4.69) is 15.4 Å². The van der Waals surface area contributed by atoms with Crippen molar-refractivity contribution in [2.24, 2.45) is 0 Å². The number of fused-ring (bicyclic) bond motifs is 3. The number of para-hydroxylation sites is 1. The van der Waals surface area contributed by atoms with E-state index in [9.17, 15) is 9.90 Å². The number of β-amino-alcohol motifs (C(OH)–C–C–N with tert-alkyl or cyclic N) is 1. The minimum Gasteiger partial charge on any atom is -0.487 e. The van der Waals surface area contributed by atoms with Crippen molar-refractivity contribution < 1.29 is 14.6 Å². The van der Waals surface area contributed by atoms with Crippen LogP contribution in [0.25, 0.3) is 5.65 Å². The van der Waals surface area contributed by atoms with E-state index in [-0.39, 0.29) is 12.0 Å². The molecule has 0 spiro atoms. The molecule has 2 aliphatic rings. The lowest BCUT2D eigenvalue weighted by molar-refractivity contribution is 0.0154. The van der Waals surface area contributed by atoms with Crippen LogP contribution in [0.5, 0.6) is 5.75 Å². The summed E-state index contributed by atoms with van der Waals surface area (Å²) in [7, 11) is 0. The molecule has 0 radical (unpaired) electrons. The van der Waals surface area contributed by atoms with Gasteiger partial charge in [0.2, 0.25) is 0 Å². The summed E-state index contributed by atoms with van der Waals surface area (Å²) in [6, 6.07) is 7.21. The van der Waals surface area contributed by atoms with Gasteiger partial charge in [-0.25, -0.2) is 9.50 Å². The van der Waals surface area contributed by atoms with Gasteiger partial charge in [-0.2, -0.15) is 5.10 Å². The van der Waals surface area contributed by atoms with Crippen LogP contribution >= 0.6 is 11.6 Å². The van der Waals surface area contributed by atoms with Crippen LogP contribution < -0.4 is 10.1 Å². The van der Waals surface area contributed by atoms with Crippen LogP contribution in [0.4, 0.5) is 0 Å². The Balaban J connectivity index is 1.41. The summed E-state index contributed by atoms with van der Waals surface area (Å²) >= 11 is 6.32. The Morgan fingerprint density at radius 3 is 2.90 bits per heavy atom. The molecule has 1 amide bonds. The molecular formula is C22H24ClN5O3. The summed E-state index contributed by atoms with van der Waals surface area (Å²) in [5.74, 6) is 0.367. The fraction of sp³-hybridized carbons (Fsp3) is 0.409. The van der Waals surface area contributed by atoms with E-state index in [0.717, 1.165) is 34.8 Å². The molecule has 8 nitrogen and oxygen atoms in total. The Kier molecular flexibility index (Phi) is 5.08. The molecule has 2 atom stereocenters. The molecule has 1 saturated heterocycles. The maximum absolute atomic E-state index is 13.4. The number of aliphatic hydroxyl groups excluding tert-OH is 1. The zero-order valence-corrected chi connectivity index (χ0v) is 18.2. The number of aliphatic hydroxyl groups is 1. The lowest BCUT2D eigenvalue weighted by Gasteiger charge is -2.29. The molecule has 1 aromatic carbocycles. The van der Waals surface area contributed by atoms with Crippen LogP contribution in [-0.2, 0) is 13.1 Å². The fourth-order valence-electron chi connectivity index (χ4n) is 4.29. The van der Waals surface area contributed by atoms with E-state index in [0.29, 0.717) is 42.4 Å². The normalized spacial score (nSPS) is 20.8. The quantitative estimate of drug-likeness (QED) is 0.647. The van der Waals surface area contributed by atoms with Crippen molar-refractivity contribution >= 4 is 23.2 Å². The first-order valence-corrected chi connectivity index (χ1v) is 10.8. The monoisotopic (exact) mass is 441 g/mol. The second kappa shape index (κ2) is 7.78. The number of rotatable bonds is 3. The molecule has 3 aromatic rings. The van der Waals surface area contributed by atoms with Gasteiger partial charge in [0, 0.05) is 12.1 Å². The maximum Gasteiger partial charge on any atom is 0.258 e. The number of ether oxygens (including phenoxy) is 1. The predicted molar refractivity (Wildman–Crippen MR) is 115 cm³/mol. The van der Waals surface area contributed by atoms with Crippen molar-refractivity contribution in [2.75, 3.05) is 13.1 Å². The second-order valence-corrected chi connectivity index (χ2v) is 8.51. The fourth-order valence-corrected chi connectivity index (χ4v) is 4.41. The molecule has 0 aliphatic carbocycles. The lowest BCUT2D eigenvalue weighted by atomic mass is 10.1. The summed E-state index contributed by atoms with van der Waals surface area (Å²) in [4.78, 5) is 19.7. The first kappa shape index (κ1) is 20.2. The second-order valence-electron chi connectivity index (χ2n) is 8.13. The minimum atomic E-state index is -0.606. The number of carbonyl (C=O) groups excluding carboxylic acids is 1. The van der Waals surface area contributed by atoms with Gasteiger partial charge in [0.25, 0.3) is 5.91 Å². The molecule has 2 N–H and O–H groups in total. The smallest absolute Gasteiger partial charge is 0.258 e. The molecule has 0 unspecified atom stereocenters. The Hall–Kier alpha value is -2.68. The summed E-state index contributed by atoms with van der Waals surface area (Å²) in [6.45, 7) is 5.87. The van der Waals surface area contributed by atoms with E-state index in [1.54, 1.807) is 21.5 Å². The number of halogens is 1. The van der Waals surface area contributed by atoms with E-state index in [1.165, 1.54) is 0 Å². The Bertz CT molecular complexity index is 1180. The topological polar surface area (TPSA) is 92.0 Å². The molecule has 9 heteroatoms. The number of hydrogen-bond acceptors (Lipinski definition) is 6. The van der Waals surface area contributed by atoms with Crippen molar-refractivity contribution in [2.45, 2.75) is 45.6 Å². The van der Waals surface area contributed by atoms with Gasteiger partial charge in [-0.05, 0) is 38.9 Å². The highest BCUT2D eigenvalue weighted by Gasteiger charge is 2.32. The standard InChI is InChI=1S/C22H24ClN5O3/c1-12-20(23)13(2)28-21(25-12)15-10-27(11-16(15)26-28)22(30)14-5-3-4-6-18(14)31-19-7-8-24-9-17(19)29/h3-6,17,19,24,29H,7-11H2,1-2H3/t17-,19-/m0/s1. The summed E-state index contributed by atoms with van der Waals surface area (Å²) in [5.41, 5.74) is 4.60. The highest BCUT2D eigenvalue weighted by molar-refractivity contribution is 6.31. The van der Waals surface area contributed by atoms with Gasteiger partial charge in [-0.15, -0.1) is 0 Å². The van der Waals surface area contributed by atoms with Crippen molar-refractivity contribution in [3.8, 4) is 5.75 Å². The molecule has 2 aliphatic heterocycles. The average molecular weight is 442 g/mol. The Morgan fingerprint density at radius 1 is 1.29 bits per heavy atom. The third kappa shape index (κ3) is 3.44. The number of carbonyl (C=O) groups is 1. The van der Waals surface area contributed by atoms with Gasteiger partial charge < -0.3 is 20.1 Å². The Morgan fingerprint density at radius 2 is 2.10 bits per heavy atom. The molecule has 4 heterocycles. The van der Waals surface area contributed by atoms with Crippen molar-refractivity contribution in [3.05, 3.63) is 57.5 Å². The van der Waals surface area contributed by atoms with Gasteiger partial charge in [0.1, 0.15) is 18.0 Å². The number of hydrogen-bond donors (Lipinski definition) is 2. The number of nitrogens with one attached hydrogen (secondary N) is 1. The molecule has 5 rings (SSSR count). The molecule has 162 valence electrons. The summed E-state index contributed by atoms with van der Waals surface area (Å²) in [6.07, 6.45) is -0.260. The number of piperidine rings is 1. The summed E-state index contributed by atoms with van der Waals surface area (Å²) < 4.78 is 7.83. The zero-order chi connectivity index (χ0) is 21.7. The van der Waals surface area contributed by atoms with E-state index in [4.69, 9.17) is 16.3 Å². The molecule has 31 heavy (non-hydrogen) atoms. The number of aryl methyl sites for hydroxylation is 2. The first-order chi connectivity index (χ1) is 14.9. The predicted octanol–water partition coefficient (Wildman–Crippen LogP) is 2.26. The lowest BCUT2D eigenvalue weighted by Crippen LogP contribution is -2.46. The van der Waals surface area contributed by atoms with Crippen LogP contribution in [0, 0.1) is 13.8 Å². The number of benzene rings is 1. The number of nitrogens with zero attached hydrogens (tertiary/aromatic N) is 4. The summed E-state index contributed by atoms with van der Waals surface area (Å²) in [5, 5.41) is 18.6. The number of amides is 1. The highest BCUT2D eigenvalue weighted by Crippen LogP contribution is 2.31.